The van der Waals surface area contributed by atoms with Crippen molar-refractivity contribution in [2.24, 2.45) is 5.73 Å². The van der Waals surface area contributed by atoms with Gasteiger partial charge in [0.1, 0.15) is 24.4 Å². The normalized spacial score (nSPS) is 17.0. The van der Waals surface area contributed by atoms with Gasteiger partial charge in [0.05, 0.1) is 23.9 Å². The summed E-state index contributed by atoms with van der Waals surface area (Å²) < 4.78 is 16.7. The van der Waals surface area contributed by atoms with Gasteiger partial charge in [0.25, 0.3) is 5.91 Å². The number of amides is 1. The predicted octanol–water partition coefficient (Wildman–Crippen LogP) is 2.86. The van der Waals surface area contributed by atoms with E-state index in [2.05, 4.69) is 5.32 Å². The topological polar surface area (TPSA) is 86.7 Å². The van der Waals surface area contributed by atoms with E-state index < -0.39 is 0 Å². The van der Waals surface area contributed by atoms with Crippen LogP contribution in [0.25, 0.3) is 0 Å². The van der Waals surface area contributed by atoms with Crippen LogP contribution in [-0.2, 0) is 11.3 Å². The molecule has 0 radical (unpaired) electrons. The van der Waals surface area contributed by atoms with Gasteiger partial charge in [0.15, 0.2) is 0 Å². The molecule has 2 heterocycles. The van der Waals surface area contributed by atoms with Crippen LogP contribution >= 0.6 is 0 Å². The lowest BCUT2D eigenvalue weighted by Gasteiger charge is -2.15. The van der Waals surface area contributed by atoms with Crippen LogP contribution in [0.2, 0.25) is 0 Å². The van der Waals surface area contributed by atoms with Gasteiger partial charge in [-0.1, -0.05) is 6.07 Å². The van der Waals surface area contributed by atoms with Crippen molar-refractivity contribution in [3.05, 3.63) is 47.4 Å². The van der Waals surface area contributed by atoms with Crippen LogP contribution in [0.1, 0.15) is 34.5 Å². The first-order valence-electron chi connectivity index (χ1n) is 8.09. The smallest absolute Gasteiger partial charge is 0.259 e. The third-order valence-corrected chi connectivity index (χ3v) is 3.95. The second-order valence-electron chi connectivity index (χ2n) is 5.91. The molecule has 0 aliphatic carbocycles. The maximum atomic E-state index is 12.3. The zero-order valence-electron chi connectivity index (χ0n) is 13.7. The average Bonchev–Trinajstić information content (AvgIpc) is 3.26. The number of furan rings is 1. The molecule has 24 heavy (non-hydrogen) atoms. The lowest BCUT2D eigenvalue weighted by atomic mass is 10.2. The number of ether oxygens (including phenoxy) is 2. The van der Waals surface area contributed by atoms with Gasteiger partial charge in [-0.2, -0.15) is 0 Å². The summed E-state index contributed by atoms with van der Waals surface area (Å²) in [5.41, 5.74) is 7.61. The van der Waals surface area contributed by atoms with Crippen LogP contribution in [0, 0.1) is 6.92 Å². The molecule has 1 unspecified atom stereocenters. The Balaban J connectivity index is 1.70. The molecule has 1 aliphatic heterocycles. The minimum absolute atomic E-state index is 0.120. The Hall–Kier alpha value is -2.31. The minimum atomic E-state index is -0.260. The fourth-order valence-electron chi connectivity index (χ4n) is 2.61. The summed E-state index contributed by atoms with van der Waals surface area (Å²) in [7, 11) is 0. The number of rotatable bonds is 6. The molecular weight excluding hydrogens is 308 g/mol. The summed E-state index contributed by atoms with van der Waals surface area (Å²) in [5.74, 6) is 0.949. The number of nitrogens with one attached hydrogen (secondary N) is 1. The first-order valence-corrected chi connectivity index (χ1v) is 8.09. The first kappa shape index (κ1) is 16.5. The van der Waals surface area contributed by atoms with Crippen molar-refractivity contribution in [2.45, 2.75) is 32.4 Å². The molecule has 3 N–H and O–H groups in total. The summed E-state index contributed by atoms with van der Waals surface area (Å²) in [6, 6.07) is 7.30. The van der Waals surface area contributed by atoms with Crippen molar-refractivity contribution >= 4 is 11.6 Å². The largest absolute Gasteiger partial charge is 0.489 e. The first-order chi connectivity index (χ1) is 11.7. The van der Waals surface area contributed by atoms with Gasteiger partial charge in [-0.15, -0.1) is 0 Å². The summed E-state index contributed by atoms with van der Waals surface area (Å²) >= 11 is 0. The molecule has 1 saturated heterocycles. The second-order valence-corrected chi connectivity index (χ2v) is 5.91. The summed E-state index contributed by atoms with van der Waals surface area (Å²) in [6.45, 7) is 3.51. The number of hydrogen-bond donors (Lipinski definition) is 2. The quantitative estimate of drug-likeness (QED) is 0.850. The summed E-state index contributed by atoms with van der Waals surface area (Å²) in [4.78, 5) is 12.3. The van der Waals surface area contributed by atoms with Gasteiger partial charge in [-0.3, -0.25) is 4.79 Å². The number of anilines is 1. The van der Waals surface area contributed by atoms with Gasteiger partial charge < -0.3 is 24.9 Å². The van der Waals surface area contributed by atoms with Crippen molar-refractivity contribution in [1.29, 1.82) is 0 Å². The number of carbonyl (C=O) groups is 1. The van der Waals surface area contributed by atoms with Gasteiger partial charge in [-0.05, 0) is 43.5 Å². The Bertz CT molecular complexity index is 705. The Morgan fingerprint density at radius 3 is 3.00 bits per heavy atom. The molecule has 0 saturated carbocycles. The molecule has 1 aromatic carbocycles. The van der Waals surface area contributed by atoms with E-state index in [1.165, 1.54) is 6.26 Å². The van der Waals surface area contributed by atoms with E-state index in [0.717, 1.165) is 25.0 Å². The van der Waals surface area contributed by atoms with Gasteiger partial charge in [0.2, 0.25) is 0 Å². The Morgan fingerprint density at radius 2 is 2.29 bits per heavy atom. The molecular formula is C18H22N2O4. The standard InChI is InChI=1S/C18H22N2O4/c1-12-4-5-16(17(7-12)24-11-14-3-2-6-22-14)20-18(21)13-8-15(9-19)23-10-13/h4-5,7-8,10,14H,2-3,6,9,11,19H2,1H3,(H,20,21). The SMILES string of the molecule is Cc1ccc(NC(=O)c2coc(CN)c2)c(OCC2CCCO2)c1. The number of nitrogens with two attached hydrogens (primary N) is 1. The zero-order chi connectivity index (χ0) is 16.9. The second kappa shape index (κ2) is 7.51. The van der Waals surface area contributed by atoms with Crippen LogP contribution < -0.4 is 15.8 Å². The Morgan fingerprint density at radius 1 is 1.42 bits per heavy atom. The van der Waals surface area contributed by atoms with Gasteiger partial charge >= 0.3 is 0 Å². The molecule has 2 aromatic rings. The number of carbonyl (C=O) groups excluding carboxylic acids is 1. The summed E-state index contributed by atoms with van der Waals surface area (Å²) in [6.07, 6.45) is 3.59. The van der Waals surface area contributed by atoms with E-state index in [0.29, 0.717) is 29.4 Å². The highest BCUT2D eigenvalue weighted by molar-refractivity contribution is 6.04. The van der Waals surface area contributed by atoms with E-state index in [-0.39, 0.29) is 18.6 Å². The van der Waals surface area contributed by atoms with Crippen molar-refractivity contribution in [3.63, 3.8) is 0 Å². The van der Waals surface area contributed by atoms with Crippen molar-refractivity contribution in [1.82, 2.24) is 0 Å². The van der Waals surface area contributed by atoms with Crippen LogP contribution in [0.5, 0.6) is 5.75 Å². The predicted molar refractivity (Wildman–Crippen MR) is 90.2 cm³/mol. The molecule has 1 amide bonds. The minimum Gasteiger partial charge on any atom is -0.489 e. The van der Waals surface area contributed by atoms with E-state index in [4.69, 9.17) is 19.6 Å². The van der Waals surface area contributed by atoms with E-state index >= 15 is 0 Å². The molecule has 1 aromatic heterocycles. The highest BCUT2D eigenvalue weighted by Crippen LogP contribution is 2.27. The van der Waals surface area contributed by atoms with Crippen LogP contribution in [0.3, 0.4) is 0 Å². The lowest BCUT2D eigenvalue weighted by molar-refractivity contribution is 0.0681. The van der Waals surface area contributed by atoms with Crippen LogP contribution in [0.4, 0.5) is 5.69 Å². The molecule has 6 heteroatoms. The van der Waals surface area contributed by atoms with Gasteiger partial charge in [-0.25, -0.2) is 0 Å². The fourth-order valence-corrected chi connectivity index (χ4v) is 2.61. The van der Waals surface area contributed by atoms with Crippen LogP contribution in [-0.4, -0.2) is 25.2 Å². The maximum Gasteiger partial charge on any atom is 0.259 e. The number of aryl methyl sites for hydroxylation is 1. The Labute approximate surface area is 140 Å². The molecule has 0 spiro atoms. The Kier molecular flexibility index (Phi) is 5.17. The summed E-state index contributed by atoms with van der Waals surface area (Å²) in [5, 5.41) is 2.86. The third-order valence-electron chi connectivity index (χ3n) is 3.95. The monoisotopic (exact) mass is 330 g/mol. The zero-order valence-corrected chi connectivity index (χ0v) is 13.7. The molecule has 1 atom stereocenters. The lowest BCUT2D eigenvalue weighted by Crippen LogP contribution is -2.18. The average molecular weight is 330 g/mol. The highest BCUT2D eigenvalue weighted by Gasteiger charge is 2.18. The molecule has 1 fully saturated rings. The van der Waals surface area contributed by atoms with Crippen LogP contribution in [0.15, 0.2) is 34.9 Å². The third kappa shape index (κ3) is 3.96. The maximum absolute atomic E-state index is 12.3. The van der Waals surface area contributed by atoms with Crippen molar-refractivity contribution in [2.75, 3.05) is 18.5 Å². The van der Waals surface area contributed by atoms with E-state index in [9.17, 15) is 4.79 Å². The van der Waals surface area contributed by atoms with E-state index in [1.54, 1.807) is 6.07 Å². The highest BCUT2D eigenvalue weighted by atomic mass is 16.5. The molecule has 3 rings (SSSR count). The van der Waals surface area contributed by atoms with Crippen molar-refractivity contribution in [3.8, 4) is 5.75 Å². The molecule has 0 bridgehead atoms. The fraction of sp³-hybridized carbons (Fsp3) is 0.389. The molecule has 6 nitrogen and oxygen atoms in total. The molecule has 128 valence electrons. The number of hydrogen-bond acceptors (Lipinski definition) is 5. The molecule has 1 aliphatic rings. The van der Waals surface area contributed by atoms with Crippen molar-refractivity contribution < 1.29 is 18.7 Å². The van der Waals surface area contributed by atoms with Gasteiger partial charge in [0, 0.05) is 6.61 Å². The van der Waals surface area contributed by atoms with E-state index in [1.807, 2.05) is 25.1 Å². The number of benzene rings is 1.